The molecule has 0 amide bonds. The van der Waals surface area contributed by atoms with E-state index in [1.807, 2.05) is 12.1 Å². The lowest BCUT2D eigenvalue weighted by atomic mass is 9.93. The van der Waals surface area contributed by atoms with Gasteiger partial charge < -0.3 is 10.2 Å². The summed E-state index contributed by atoms with van der Waals surface area (Å²) in [5.74, 6) is -0.887. The van der Waals surface area contributed by atoms with Crippen LogP contribution >= 0.6 is 0 Å². The van der Waals surface area contributed by atoms with E-state index in [2.05, 4.69) is 0 Å². The van der Waals surface area contributed by atoms with E-state index < -0.39 is 16.1 Å². The molecule has 0 aliphatic rings. The van der Waals surface area contributed by atoms with Gasteiger partial charge in [0.15, 0.2) is 0 Å². The number of aliphatic carboxylic acids is 1. The molecule has 140 valence electrons. The maximum atomic E-state index is 11.8. The number of hydrogen-bond donors (Lipinski definition) is 3. The number of carbonyl (C=O) groups is 1. The first-order valence-corrected chi connectivity index (χ1v) is 9.29. The monoisotopic (exact) mass is 386 g/mol. The fraction of sp³-hybridized carbons (Fsp3) is 0.0500. The fourth-order valence-electron chi connectivity index (χ4n) is 2.58. The Labute approximate surface area is 157 Å². The van der Waals surface area contributed by atoms with Crippen LogP contribution in [-0.4, -0.2) is 29.2 Å². The highest BCUT2D eigenvalue weighted by atomic mass is 32.2. The zero-order chi connectivity index (χ0) is 20.0. The van der Waals surface area contributed by atoms with Gasteiger partial charge in [0.05, 0.1) is 0 Å². The summed E-state index contributed by atoms with van der Waals surface area (Å²) in [4.78, 5) is 8.76. The highest BCUT2D eigenvalue weighted by Crippen LogP contribution is 2.42. The van der Waals surface area contributed by atoms with Crippen LogP contribution < -0.4 is 0 Å². The minimum atomic E-state index is -4.44. The van der Waals surface area contributed by atoms with E-state index in [0.29, 0.717) is 16.7 Å². The number of hydrogen-bond acceptors (Lipinski definition) is 4. The Bertz CT molecular complexity index is 1020. The van der Waals surface area contributed by atoms with Gasteiger partial charge in [-0.25, -0.2) is 0 Å². The first-order valence-electron chi connectivity index (χ1n) is 7.85. The van der Waals surface area contributed by atoms with E-state index >= 15 is 0 Å². The van der Waals surface area contributed by atoms with Crippen LogP contribution in [0, 0.1) is 0 Å². The summed E-state index contributed by atoms with van der Waals surface area (Å²) in [6.07, 6.45) is 0. The van der Waals surface area contributed by atoms with E-state index in [4.69, 9.17) is 9.90 Å². The van der Waals surface area contributed by atoms with Crippen LogP contribution in [0.4, 0.5) is 0 Å². The lowest BCUT2D eigenvalue weighted by Crippen LogP contribution is -2.02. The molecule has 0 spiro atoms. The molecule has 7 heteroatoms. The fourth-order valence-corrected chi connectivity index (χ4v) is 3.29. The maximum Gasteiger partial charge on any atom is 0.300 e. The molecule has 3 aromatic carbocycles. The lowest BCUT2D eigenvalue weighted by molar-refractivity contribution is -0.134. The molecule has 0 saturated carbocycles. The van der Waals surface area contributed by atoms with Crippen molar-refractivity contribution in [2.24, 2.45) is 0 Å². The lowest BCUT2D eigenvalue weighted by Gasteiger charge is -2.15. The Morgan fingerprint density at radius 3 is 1.59 bits per heavy atom. The number of rotatable bonds is 3. The van der Waals surface area contributed by atoms with Crippen LogP contribution in [0.25, 0.3) is 22.3 Å². The molecule has 0 saturated heterocycles. The van der Waals surface area contributed by atoms with Crippen LogP contribution in [0.3, 0.4) is 0 Å². The third-order valence-electron chi connectivity index (χ3n) is 3.55. The molecule has 0 radical (unpaired) electrons. The molecule has 0 unspecified atom stereocenters. The Morgan fingerprint density at radius 1 is 0.778 bits per heavy atom. The molecule has 0 atom stereocenters. The second-order valence-corrected chi connectivity index (χ2v) is 6.95. The molecule has 0 heterocycles. The molecule has 0 bridgehead atoms. The zero-order valence-corrected chi connectivity index (χ0v) is 15.2. The largest absolute Gasteiger partial charge is 0.507 e. The van der Waals surface area contributed by atoms with E-state index in [9.17, 15) is 18.1 Å². The van der Waals surface area contributed by atoms with Crippen molar-refractivity contribution >= 4 is 16.1 Å². The predicted octanol–water partition coefficient (Wildman–Crippen LogP) is 4.06. The molecule has 27 heavy (non-hydrogen) atoms. The van der Waals surface area contributed by atoms with Gasteiger partial charge in [-0.05, 0) is 23.3 Å². The molecule has 0 aliphatic carbocycles. The summed E-state index contributed by atoms with van der Waals surface area (Å²) in [5.41, 5.74) is 1.90. The first-order chi connectivity index (χ1) is 12.7. The van der Waals surface area contributed by atoms with Crippen molar-refractivity contribution in [3.8, 4) is 28.0 Å². The Hall–Kier alpha value is -3.16. The Balaban J connectivity index is 0.000000596. The summed E-state index contributed by atoms with van der Waals surface area (Å²) in [7, 11) is -4.44. The molecule has 3 aromatic rings. The molecule has 0 fully saturated rings. The van der Waals surface area contributed by atoms with Crippen molar-refractivity contribution in [3.05, 3.63) is 72.8 Å². The summed E-state index contributed by atoms with van der Waals surface area (Å²) >= 11 is 0. The highest BCUT2D eigenvalue weighted by Gasteiger charge is 2.23. The van der Waals surface area contributed by atoms with Gasteiger partial charge >= 0.3 is 0 Å². The summed E-state index contributed by atoms with van der Waals surface area (Å²) in [5, 5.41) is 17.7. The van der Waals surface area contributed by atoms with E-state index in [0.717, 1.165) is 6.92 Å². The average molecular weight is 386 g/mol. The third kappa shape index (κ3) is 5.16. The van der Waals surface area contributed by atoms with Crippen molar-refractivity contribution in [2.75, 3.05) is 0 Å². The van der Waals surface area contributed by atoms with Crippen LogP contribution in [0.5, 0.6) is 5.75 Å². The number of phenolic OH excluding ortho intramolecular Hbond substituents is 1. The van der Waals surface area contributed by atoms with Crippen molar-refractivity contribution in [2.45, 2.75) is 11.8 Å². The summed E-state index contributed by atoms with van der Waals surface area (Å²) < 4.78 is 33.2. The number of phenols is 1. The number of carboxylic acid groups (broad SMARTS) is 1. The van der Waals surface area contributed by atoms with E-state index in [-0.39, 0.29) is 16.2 Å². The summed E-state index contributed by atoms with van der Waals surface area (Å²) in [6.45, 7) is 1.08. The van der Waals surface area contributed by atoms with Gasteiger partial charge in [-0.1, -0.05) is 60.7 Å². The molecule has 3 N–H and O–H groups in total. The number of carboxylic acids is 1. The Morgan fingerprint density at radius 2 is 1.19 bits per heavy atom. The van der Waals surface area contributed by atoms with Gasteiger partial charge in [-0.2, -0.15) is 8.42 Å². The van der Waals surface area contributed by atoms with Gasteiger partial charge in [-0.15, -0.1) is 0 Å². The van der Waals surface area contributed by atoms with Crippen molar-refractivity contribution < 1.29 is 28.0 Å². The average Bonchev–Trinajstić information content (AvgIpc) is 2.61. The Kier molecular flexibility index (Phi) is 6.33. The standard InChI is InChI=1S/C18H14O4S.C2H4O2/c19-15-11-12-16(23(20,21)22)18(14-9-5-2-6-10-14)17(15)13-7-3-1-4-8-13;1-2(3)4/h1-12,19H,(H,20,21,22);1H3,(H,3,4). The van der Waals surface area contributed by atoms with Crippen molar-refractivity contribution in [3.63, 3.8) is 0 Å². The maximum absolute atomic E-state index is 11.8. The molecule has 0 aromatic heterocycles. The van der Waals surface area contributed by atoms with Crippen molar-refractivity contribution in [1.29, 1.82) is 0 Å². The van der Waals surface area contributed by atoms with Gasteiger partial charge in [0.25, 0.3) is 16.1 Å². The van der Waals surface area contributed by atoms with Crippen LogP contribution in [-0.2, 0) is 14.9 Å². The predicted molar refractivity (Wildman–Crippen MR) is 102 cm³/mol. The second kappa shape index (κ2) is 8.48. The molecule has 0 aliphatic heterocycles. The SMILES string of the molecule is CC(=O)O.O=S(=O)(O)c1ccc(O)c(-c2ccccc2)c1-c1ccccc1. The first kappa shape index (κ1) is 20.2. The van der Waals surface area contributed by atoms with Gasteiger partial charge in [0.2, 0.25) is 0 Å². The van der Waals surface area contributed by atoms with Gasteiger partial charge in [0.1, 0.15) is 10.6 Å². The molecule has 6 nitrogen and oxygen atoms in total. The second-order valence-electron chi connectivity index (χ2n) is 5.56. The highest BCUT2D eigenvalue weighted by molar-refractivity contribution is 7.86. The minimum absolute atomic E-state index is 0.0533. The van der Waals surface area contributed by atoms with Gasteiger partial charge in [0, 0.05) is 18.1 Å². The molecular formula is C20H18O6S. The smallest absolute Gasteiger partial charge is 0.300 e. The van der Waals surface area contributed by atoms with Gasteiger partial charge in [-0.3, -0.25) is 9.35 Å². The van der Waals surface area contributed by atoms with Crippen LogP contribution in [0.15, 0.2) is 77.7 Å². The quantitative estimate of drug-likeness (QED) is 0.585. The van der Waals surface area contributed by atoms with Crippen LogP contribution in [0.2, 0.25) is 0 Å². The van der Waals surface area contributed by atoms with E-state index in [1.54, 1.807) is 48.5 Å². The molecule has 3 rings (SSSR count). The topological polar surface area (TPSA) is 112 Å². The zero-order valence-electron chi connectivity index (χ0n) is 14.4. The third-order valence-corrected chi connectivity index (χ3v) is 4.44. The number of benzene rings is 3. The summed E-state index contributed by atoms with van der Waals surface area (Å²) in [6, 6.07) is 20.3. The van der Waals surface area contributed by atoms with Crippen LogP contribution in [0.1, 0.15) is 6.92 Å². The number of aromatic hydroxyl groups is 1. The normalized spacial score (nSPS) is 10.6. The van der Waals surface area contributed by atoms with E-state index in [1.165, 1.54) is 12.1 Å². The molecular weight excluding hydrogens is 368 g/mol. The van der Waals surface area contributed by atoms with Crippen molar-refractivity contribution in [1.82, 2.24) is 0 Å². The minimum Gasteiger partial charge on any atom is -0.507 e.